The predicted octanol–water partition coefficient (Wildman–Crippen LogP) is 4.16. The fourth-order valence-corrected chi connectivity index (χ4v) is 2.66. The average Bonchev–Trinajstić information content (AvgIpc) is 2.59. The van der Waals surface area contributed by atoms with Crippen LogP contribution in [0, 0.1) is 13.8 Å². The van der Waals surface area contributed by atoms with E-state index in [4.69, 9.17) is 25.8 Å². The molecule has 2 aromatic carbocycles. The number of amides is 1. The van der Waals surface area contributed by atoms with Gasteiger partial charge in [-0.25, -0.2) is 0 Å². The van der Waals surface area contributed by atoms with Crippen LogP contribution >= 0.6 is 11.6 Å². The van der Waals surface area contributed by atoms with Crippen molar-refractivity contribution in [2.75, 3.05) is 26.6 Å². The summed E-state index contributed by atoms with van der Waals surface area (Å²) in [6.07, 6.45) is 0.205. The van der Waals surface area contributed by atoms with Gasteiger partial charge in [-0.3, -0.25) is 4.79 Å². The van der Waals surface area contributed by atoms with Gasteiger partial charge in [-0.1, -0.05) is 11.6 Å². The highest BCUT2D eigenvalue weighted by Gasteiger charge is 2.14. The van der Waals surface area contributed by atoms with Crippen LogP contribution in [0.25, 0.3) is 0 Å². The van der Waals surface area contributed by atoms with Crippen molar-refractivity contribution in [2.45, 2.75) is 20.3 Å². The summed E-state index contributed by atoms with van der Waals surface area (Å²) in [7, 11) is 4.69. The number of carbonyl (C=O) groups is 1. The van der Waals surface area contributed by atoms with Gasteiger partial charge in [0.1, 0.15) is 5.75 Å². The smallest absolute Gasteiger partial charge is 0.228 e. The number of aryl methyl sites for hydroxylation is 2. The van der Waals surface area contributed by atoms with Gasteiger partial charge in [-0.2, -0.15) is 0 Å². The molecule has 134 valence electrons. The number of anilines is 1. The van der Waals surface area contributed by atoms with Gasteiger partial charge in [0.2, 0.25) is 5.91 Å². The predicted molar refractivity (Wildman–Crippen MR) is 99.4 cm³/mol. The molecule has 2 rings (SSSR count). The molecule has 0 saturated carbocycles. The number of benzene rings is 2. The SMILES string of the molecule is COc1cc(Cl)c(C)cc1NC(=O)Cc1cc(OC)c(OC)cc1C. The second-order valence-electron chi connectivity index (χ2n) is 5.66. The highest BCUT2D eigenvalue weighted by molar-refractivity contribution is 6.31. The molecule has 6 heteroatoms. The number of hydrogen-bond acceptors (Lipinski definition) is 4. The molecular formula is C19H22ClNO4. The molecule has 2 aromatic rings. The van der Waals surface area contributed by atoms with E-state index in [2.05, 4.69) is 5.32 Å². The molecule has 0 aliphatic rings. The second-order valence-corrected chi connectivity index (χ2v) is 6.07. The largest absolute Gasteiger partial charge is 0.495 e. The van der Waals surface area contributed by atoms with Crippen LogP contribution in [0.15, 0.2) is 24.3 Å². The zero-order valence-corrected chi connectivity index (χ0v) is 15.8. The minimum Gasteiger partial charge on any atom is -0.495 e. The van der Waals surface area contributed by atoms with E-state index in [-0.39, 0.29) is 12.3 Å². The molecular weight excluding hydrogens is 342 g/mol. The third-order valence-corrected chi connectivity index (χ3v) is 4.36. The van der Waals surface area contributed by atoms with Gasteiger partial charge in [-0.05, 0) is 48.7 Å². The molecule has 0 aliphatic carbocycles. The van der Waals surface area contributed by atoms with E-state index in [9.17, 15) is 4.79 Å². The number of rotatable bonds is 6. The van der Waals surface area contributed by atoms with E-state index in [0.29, 0.717) is 28.0 Å². The van der Waals surface area contributed by atoms with E-state index < -0.39 is 0 Å². The lowest BCUT2D eigenvalue weighted by atomic mass is 10.0. The first-order valence-corrected chi connectivity index (χ1v) is 8.12. The molecule has 0 saturated heterocycles. The van der Waals surface area contributed by atoms with Gasteiger partial charge in [0.15, 0.2) is 11.5 Å². The number of hydrogen-bond donors (Lipinski definition) is 1. The van der Waals surface area contributed by atoms with Crippen LogP contribution in [-0.4, -0.2) is 27.2 Å². The summed E-state index contributed by atoms with van der Waals surface area (Å²) in [6.45, 7) is 3.80. The van der Waals surface area contributed by atoms with Crippen molar-refractivity contribution in [1.82, 2.24) is 0 Å². The molecule has 0 radical (unpaired) electrons. The van der Waals surface area contributed by atoms with Crippen molar-refractivity contribution in [3.05, 3.63) is 46.0 Å². The first-order valence-electron chi connectivity index (χ1n) is 7.75. The molecule has 25 heavy (non-hydrogen) atoms. The first kappa shape index (κ1) is 18.9. The van der Waals surface area contributed by atoms with E-state index >= 15 is 0 Å². The Morgan fingerprint density at radius 3 is 2.12 bits per heavy atom. The Morgan fingerprint density at radius 2 is 1.52 bits per heavy atom. The average molecular weight is 364 g/mol. The third kappa shape index (κ3) is 4.37. The Bertz CT molecular complexity index is 789. The van der Waals surface area contributed by atoms with Crippen LogP contribution in [0.3, 0.4) is 0 Å². The Hall–Kier alpha value is -2.40. The Balaban J connectivity index is 2.22. The molecule has 0 aromatic heterocycles. The van der Waals surface area contributed by atoms with Crippen LogP contribution < -0.4 is 19.5 Å². The standard InChI is InChI=1S/C19H22ClNO4/c1-11-7-17(24-4)18(25-5)8-13(11)9-19(22)21-15-6-12(2)14(20)10-16(15)23-3/h6-8,10H,9H2,1-5H3,(H,21,22). The Morgan fingerprint density at radius 1 is 0.920 bits per heavy atom. The third-order valence-electron chi connectivity index (χ3n) is 3.95. The highest BCUT2D eigenvalue weighted by atomic mass is 35.5. The van der Waals surface area contributed by atoms with Crippen LogP contribution in [0.4, 0.5) is 5.69 Å². The van der Waals surface area contributed by atoms with Crippen LogP contribution in [0.2, 0.25) is 5.02 Å². The van der Waals surface area contributed by atoms with Gasteiger partial charge >= 0.3 is 0 Å². The van der Waals surface area contributed by atoms with Crippen molar-refractivity contribution in [2.24, 2.45) is 0 Å². The molecule has 0 spiro atoms. The normalized spacial score (nSPS) is 10.3. The van der Waals surface area contributed by atoms with E-state index in [1.165, 1.54) is 7.11 Å². The zero-order valence-electron chi connectivity index (χ0n) is 15.0. The lowest BCUT2D eigenvalue weighted by molar-refractivity contribution is -0.115. The quantitative estimate of drug-likeness (QED) is 0.837. The lowest BCUT2D eigenvalue weighted by Crippen LogP contribution is -2.16. The maximum atomic E-state index is 12.5. The molecule has 1 N–H and O–H groups in total. The maximum Gasteiger partial charge on any atom is 0.228 e. The molecule has 5 nitrogen and oxygen atoms in total. The van der Waals surface area contributed by atoms with Gasteiger partial charge in [0.25, 0.3) is 0 Å². The minimum absolute atomic E-state index is 0.157. The molecule has 0 aliphatic heterocycles. The molecule has 0 bridgehead atoms. The van der Waals surface area contributed by atoms with Crippen LogP contribution in [0.5, 0.6) is 17.2 Å². The topological polar surface area (TPSA) is 56.8 Å². The van der Waals surface area contributed by atoms with Crippen LogP contribution in [0.1, 0.15) is 16.7 Å². The lowest BCUT2D eigenvalue weighted by Gasteiger charge is -2.14. The number of carbonyl (C=O) groups excluding carboxylic acids is 1. The highest BCUT2D eigenvalue weighted by Crippen LogP contribution is 2.32. The fraction of sp³-hybridized carbons (Fsp3) is 0.316. The fourth-order valence-electron chi connectivity index (χ4n) is 2.51. The van der Waals surface area contributed by atoms with Crippen molar-refractivity contribution in [1.29, 1.82) is 0 Å². The zero-order chi connectivity index (χ0) is 18.6. The van der Waals surface area contributed by atoms with Crippen molar-refractivity contribution < 1.29 is 19.0 Å². The first-order chi connectivity index (χ1) is 11.9. The Labute approximate surface area is 152 Å². The summed E-state index contributed by atoms with van der Waals surface area (Å²) in [5.74, 6) is 1.60. The van der Waals surface area contributed by atoms with Crippen molar-refractivity contribution in [3.8, 4) is 17.2 Å². The molecule has 0 heterocycles. The van der Waals surface area contributed by atoms with E-state index in [1.807, 2.05) is 26.0 Å². The summed E-state index contributed by atoms with van der Waals surface area (Å²) in [5, 5.41) is 3.47. The summed E-state index contributed by atoms with van der Waals surface area (Å²) in [6, 6.07) is 7.15. The monoisotopic (exact) mass is 363 g/mol. The summed E-state index contributed by atoms with van der Waals surface area (Å²) in [4.78, 5) is 12.5. The molecule has 1 amide bonds. The second kappa shape index (κ2) is 8.12. The van der Waals surface area contributed by atoms with Gasteiger partial charge in [0.05, 0.1) is 33.4 Å². The van der Waals surface area contributed by atoms with Gasteiger partial charge in [-0.15, -0.1) is 0 Å². The minimum atomic E-state index is -0.157. The number of ether oxygens (including phenoxy) is 3. The van der Waals surface area contributed by atoms with E-state index in [1.54, 1.807) is 26.4 Å². The summed E-state index contributed by atoms with van der Waals surface area (Å²) >= 11 is 6.10. The number of halogens is 1. The molecule has 0 atom stereocenters. The maximum absolute atomic E-state index is 12.5. The van der Waals surface area contributed by atoms with Crippen LogP contribution in [-0.2, 0) is 11.2 Å². The summed E-state index contributed by atoms with van der Waals surface area (Å²) < 4.78 is 15.9. The van der Waals surface area contributed by atoms with Gasteiger partial charge < -0.3 is 19.5 Å². The summed E-state index contributed by atoms with van der Waals surface area (Å²) in [5.41, 5.74) is 3.26. The van der Waals surface area contributed by atoms with Gasteiger partial charge in [0, 0.05) is 11.1 Å². The molecule has 0 unspecified atom stereocenters. The van der Waals surface area contributed by atoms with E-state index in [0.717, 1.165) is 16.7 Å². The number of nitrogens with one attached hydrogen (secondary N) is 1. The molecule has 0 fully saturated rings. The van der Waals surface area contributed by atoms with Crippen molar-refractivity contribution >= 4 is 23.2 Å². The van der Waals surface area contributed by atoms with Crippen molar-refractivity contribution in [3.63, 3.8) is 0 Å². The Kier molecular flexibility index (Phi) is 6.15. The number of methoxy groups -OCH3 is 3.